The fraction of sp³-hybridized carbons (Fsp3) is 0.273. The van der Waals surface area contributed by atoms with Gasteiger partial charge in [-0.3, -0.25) is 9.69 Å². The Kier molecular flexibility index (Phi) is 2.50. The van der Waals surface area contributed by atoms with Crippen molar-refractivity contribution in [1.82, 2.24) is 0 Å². The van der Waals surface area contributed by atoms with E-state index in [1.54, 1.807) is 0 Å². The van der Waals surface area contributed by atoms with Crippen LogP contribution in [0, 0.1) is 11.6 Å². The third kappa shape index (κ3) is 1.51. The number of halogens is 2. The van der Waals surface area contributed by atoms with Gasteiger partial charge in [0.25, 0.3) is 0 Å². The van der Waals surface area contributed by atoms with Crippen LogP contribution in [-0.2, 0) is 10.2 Å². The lowest BCUT2D eigenvalue weighted by Gasteiger charge is -2.19. The van der Waals surface area contributed by atoms with E-state index in [-0.39, 0.29) is 17.8 Å². The first-order valence-corrected chi connectivity index (χ1v) is 5.01. The predicted molar refractivity (Wildman–Crippen MR) is 56.7 cm³/mol. The Morgan fingerprint density at radius 2 is 1.83 bits per heavy atom. The van der Waals surface area contributed by atoms with Crippen LogP contribution in [0.5, 0.6) is 0 Å². The number of hydrogen-bond donors (Lipinski definition) is 2. The SMILES string of the molecule is CC1(C(=O)O)CN(C(=O)O)c2cc(F)c(F)cc21. The van der Waals surface area contributed by atoms with Crippen LogP contribution in [-0.4, -0.2) is 28.8 Å². The number of aliphatic carboxylic acids is 1. The molecule has 0 saturated carbocycles. The second kappa shape index (κ2) is 3.66. The van der Waals surface area contributed by atoms with Crippen LogP contribution >= 0.6 is 0 Å². The average molecular weight is 257 g/mol. The number of rotatable bonds is 1. The number of nitrogens with zero attached hydrogens (tertiary/aromatic N) is 1. The van der Waals surface area contributed by atoms with Gasteiger partial charge in [-0.25, -0.2) is 13.6 Å². The number of fused-ring (bicyclic) bond motifs is 1. The smallest absolute Gasteiger partial charge is 0.411 e. The Morgan fingerprint density at radius 3 is 2.33 bits per heavy atom. The third-order valence-corrected chi connectivity index (χ3v) is 3.10. The van der Waals surface area contributed by atoms with Crippen molar-refractivity contribution in [2.45, 2.75) is 12.3 Å². The number of benzene rings is 1. The molecule has 1 aromatic carbocycles. The lowest BCUT2D eigenvalue weighted by Crippen LogP contribution is -2.39. The molecule has 0 aliphatic carbocycles. The molecule has 0 aromatic heterocycles. The second-order valence-corrected chi connectivity index (χ2v) is 4.29. The average Bonchev–Trinajstić information content (AvgIpc) is 2.55. The van der Waals surface area contributed by atoms with E-state index in [9.17, 15) is 18.4 Å². The molecule has 2 N–H and O–H groups in total. The summed E-state index contributed by atoms with van der Waals surface area (Å²) in [6.45, 7) is 0.893. The van der Waals surface area contributed by atoms with E-state index in [4.69, 9.17) is 10.2 Å². The quantitative estimate of drug-likeness (QED) is 0.804. The molecule has 7 heteroatoms. The highest BCUT2D eigenvalue weighted by Gasteiger charge is 2.47. The fourth-order valence-electron chi connectivity index (χ4n) is 2.04. The summed E-state index contributed by atoms with van der Waals surface area (Å²) >= 11 is 0. The summed E-state index contributed by atoms with van der Waals surface area (Å²) in [5.74, 6) is -3.71. The van der Waals surface area contributed by atoms with Crippen molar-refractivity contribution in [1.29, 1.82) is 0 Å². The molecule has 1 aromatic rings. The maximum absolute atomic E-state index is 13.2. The molecular formula is C11H9F2NO4. The minimum atomic E-state index is -1.58. The lowest BCUT2D eigenvalue weighted by molar-refractivity contribution is -0.142. The number of amides is 1. The van der Waals surface area contributed by atoms with Gasteiger partial charge >= 0.3 is 12.1 Å². The van der Waals surface area contributed by atoms with Gasteiger partial charge in [0, 0.05) is 12.6 Å². The molecule has 1 aliphatic heterocycles. The molecule has 0 saturated heterocycles. The third-order valence-electron chi connectivity index (χ3n) is 3.10. The summed E-state index contributed by atoms with van der Waals surface area (Å²) in [5, 5.41) is 18.1. The highest BCUT2D eigenvalue weighted by Crippen LogP contribution is 2.42. The molecule has 2 rings (SSSR count). The van der Waals surface area contributed by atoms with Crippen molar-refractivity contribution in [3.63, 3.8) is 0 Å². The van der Waals surface area contributed by atoms with Crippen molar-refractivity contribution in [3.05, 3.63) is 29.3 Å². The van der Waals surface area contributed by atoms with Gasteiger partial charge in [-0.15, -0.1) is 0 Å². The molecule has 1 aliphatic rings. The predicted octanol–water partition coefficient (Wildman–Crippen LogP) is 1.81. The Morgan fingerprint density at radius 1 is 1.28 bits per heavy atom. The second-order valence-electron chi connectivity index (χ2n) is 4.29. The topological polar surface area (TPSA) is 77.8 Å². The van der Waals surface area contributed by atoms with Gasteiger partial charge in [0.05, 0.1) is 5.69 Å². The molecule has 1 heterocycles. The van der Waals surface area contributed by atoms with Gasteiger partial charge < -0.3 is 10.2 Å². The lowest BCUT2D eigenvalue weighted by atomic mass is 9.84. The molecule has 0 spiro atoms. The zero-order valence-corrected chi connectivity index (χ0v) is 9.28. The van der Waals surface area contributed by atoms with Crippen LogP contribution in [0.15, 0.2) is 12.1 Å². The maximum atomic E-state index is 13.2. The van der Waals surface area contributed by atoms with Gasteiger partial charge in [0.15, 0.2) is 11.6 Å². The van der Waals surface area contributed by atoms with Crippen molar-refractivity contribution in [2.75, 3.05) is 11.4 Å². The highest BCUT2D eigenvalue weighted by atomic mass is 19.2. The van der Waals surface area contributed by atoms with Gasteiger partial charge in [-0.1, -0.05) is 0 Å². The molecular weight excluding hydrogens is 248 g/mol. The first-order chi connectivity index (χ1) is 8.27. The van der Waals surface area contributed by atoms with Crippen LogP contribution in [0.4, 0.5) is 19.3 Å². The van der Waals surface area contributed by atoms with Crippen LogP contribution in [0.2, 0.25) is 0 Å². The zero-order valence-electron chi connectivity index (χ0n) is 9.28. The van der Waals surface area contributed by atoms with Gasteiger partial charge in [-0.05, 0) is 18.6 Å². The number of carboxylic acids is 1. The van der Waals surface area contributed by atoms with Crippen LogP contribution in [0.25, 0.3) is 0 Å². The first kappa shape index (κ1) is 12.3. The largest absolute Gasteiger partial charge is 0.481 e. The summed E-state index contributed by atoms with van der Waals surface area (Å²) < 4.78 is 26.3. The molecule has 1 unspecified atom stereocenters. The summed E-state index contributed by atoms with van der Waals surface area (Å²) in [7, 11) is 0. The van der Waals surface area contributed by atoms with Gasteiger partial charge in [-0.2, -0.15) is 0 Å². The van der Waals surface area contributed by atoms with E-state index in [0.29, 0.717) is 11.0 Å². The van der Waals surface area contributed by atoms with Crippen LogP contribution in [0.3, 0.4) is 0 Å². The van der Waals surface area contributed by atoms with Crippen molar-refractivity contribution in [2.24, 2.45) is 0 Å². The normalized spacial score (nSPS) is 21.8. The Hall–Kier alpha value is -2.18. The first-order valence-electron chi connectivity index (χ1n) is 5.01. The molecule has 1 atom stereocenters. The molecule has 5 nitrogen and oxygen atoms in total. The molecule has 0 radical (unpaired) electrons. The van der Waals surface area contributed by atoms with E-state index in [0.717, 1.165) is 6.07 Å². The van der Waals surface area contributed by atoms with Crippen molar-refractivity contribution < 1.29 is 28.6 Å². The molecule has 1 amide bonds. The standard InChI is InChI=1S/C11H9F2NO4/c1-11(9(15)16)4-14(10(17)18)8-3-7(13)6(12)2-5(8)11/h2-3H,4H2,1H3,(H,15,16)(H,17,18). The minimum absolute atomic E-state index is 0.0451. The summed E-state index contributed by atoms with van der Waals surface area (Å²) in [4.78, 5) is 22.9. The zero-order chi connectivity index (χ0) is 13.7. The van der Waals surface area contributed by atoms with Gasteiger partial charge in [0.2, 0.25) is 0 Å². The molecule has 18 heavy (non-hydrogen) atoms. The van der Waals surface area contributed by atoms with Crippen LogP contribution < -0.4 is 4.90 Å². The summed E-state index contributed by atoms with van der Waals surface area (Å²) in [6.07, 6.45) is -1.41. The van der Waals surface area contributed by atoms with E-state index in [2.05, 4.69) is 0 Å². The Labute approximate surface area is 100 Å². The maximum Gasteiger partial charge on any atom is 0.411 e. The molecule has 96 valence electrons. The minimum Gasteiger partial charge on any atom is -0.481 e. The van der Waals surface area contributed by atoms with Crippen molar-refractivity contribution in [3.8, 4) is 0 Å². The van der Waals surface area contributed by atoms with Crippen molar-refractivity contribution >= 4 is 17.7 Å². The Balaban J connectivity index is 2.69. The van der Waals surface area contributed by atoms with Gasteiger partial charge in [0.1, 0.15) is 5.41 Å². The van der Waals surface area contributed by atoms with E-state index in [1.165, 1.54) is 6.92 Å². The molecule has 0 fully saturated rings. The monoisotopic (exact) mass is 257 g/mol. The number of anilines is 1. The number of carbonyl (C=O) groups is 2. The summed E-state index contributed by atoms with van der Waals surface area (Å²) in [5.41, 5.74) is -1.76. The highest BCUT2D eigenvalue weighted by molar-refractivity contribution is 5.96. The molecule has 0 bridgehead atoms. The van der Waals surface area contributed by atoms with Crippen LogP contribution in [0.1, 0.15) is 12.5 Å². The fourth-order valence-corrected chi connectivity index (χ4v) is 2.04. The van der Waals surface area contributed by atoms with E-state index in [1.807, 2.05) is 0 Å². The number of hydrogen-bond acceptors (Lipinski definition) is 2. The number of carboxylic acid groups (broad SMARTS) is 2. The van der Waals surface area contributed by atoms with E-state index >= 15 is 0 Å². The summed E-state index contributed by atoms with van der Waals surface area (Å²) in [6, 6.07) is 1.44. The Bertz CT molecular complexity index is 560. The van der Waals surface area contributed by atoms with E-state index < -0.39 is 29.1 Å².